The predicted octanol–water partition coefficient (Wildman–Crippen LogP) is 2.68. The molecule has 2 nitrogen and oxygen atoms in total. The van der Waals surface area contributed by atoms with Crippen molar-refractivity contribution in [2.45, 2.75) is 50.0 Å². The Morgan fingerprint density at radius 2 is 1.71 bits per heavy atom. The summed E-state index contributed by atoms with van der Waals surface area (Å²) >= 11 is 0. The Morgan fingerprint density at radius 3 is 2.47 bits per heavy atom. The van der Waals surface area contributed by atoms with Crippen molar-refractivity contribution in [3.8, 4) is 0 Å². The van der Waals surface area contributed by atoms with Crippen molar-refractivity contribution >= 4 is 0 Å². The molecule has 1 saturated heterocycles. The van der Waals surface area contributed by atoms with Crippen molar-refractivity contribution < 1.29 is 13.5 Å². The van der Waals surface area contributed by atoms with Crippen molar-refractivity contribution in [1.29, 1.82) is 0 Å². The van der Waals surface area contributed by atoms with Gasteiger partial charge in [-0.25, -0.2) is 8.78 Å². The molecule has 0 aromatic carbocycles. The molecule has 17 heavy (non-hydrogen) atoms. The molecule has 4 heteroatoms. The molecule has 0 unspecified atom stereocenters. The van der Waals surface area contributed by atoms with Gasteiger partial charge in [-0.05, 0) is 12.8 Å². The summed E-state index contributed by atoms with van der Waals surface area (Å²) in [4.78, 5) is 2.03. The summed E-state index contributed by atoms with van der Waals surface area (Å²) < 4.78 is 33.7. The van der Waals surface area contributed by atoms with Gasteiger partial charge >= 0.3 is 0 Å². The maximum Gasteiger partial charge on any atom is 0.271 e. The molecule has 0 amide bonds. The van der Waals surface area contributed by atoms with Gasteiger partial charge in [-0.3, -0.25) is 4.90 Å². The molecule has 2 saturated carbocycles. The van der Waals surface area contributed by atoms with Crippen LogP contribution in [0.4, 0.5) is 8.78 Å². The van der Waals surface area contributed by atoms with Crippen LogP contribution in [-0.4, -0.2) is 42.7 Å². The Bertz CT molecular complexity index is 291. The van der Waals surface area contributed by atoms with E-state index in [2.05, 4.69) is 0 Å². The highest BCUT2D eigenvalue weighted by Crippen LogP contribution is 2.67. The Hall–Kier alpha value is -0.220. The lowest BCUT2D eigenvalue weighted by molar-refractivity contribution is -0.0368. The lowest BCUT2D eigenvalue weighted by Gasteiger charge is -2.36. The fourth-order valence-corrected chi connectivity index (χ4v) is 3.93. The van der Waals surface area contributed by atoms with Gasteiger partial charge in [0, 0.05) is 19.0 Å². The van der Waals surface area contributed by atoms with Crippen molar-refractivity contribution in [2.75, 3.05) is 26.3 Å². The molecule has 2 aliphatic carbocycles. The average Bonchev–Trinajstić information content (AvgIpc) is 2.74. The molecule has 3 rings (SSSR count). The van der Waals surface area contributed by atoms with Crippen LogP contribution in [0.2, 0.25) is 0 Å². The van der Waals surface area contributed by atoms with E-state index in [9.17, 15) is 8.78 Å². The fraction of sp³-hybridized carbons (Fsp3) is 1.00. The zero-order chi connectivity index (χ0) is 11.9. The summed E-state index contributed by atoms with van der Waals surface area (Å²) in [6, 6.07) is 0. The molecule has 0 bridgehead atoms. The van der Waals surface area contributed by atoms with E-state index in [1.165, 1.54) is 0 Å². The Morgan fingerprint density at radius 1 is 1.00 bits per heavy atom. The van der Waals surface area contributed by atoms with Crippen LogP contribution in [0.1, 0.15) is 38.5 Å². The first-order chi connectivity index (χ1) is 8.19. The standard InChI is InChI=1S/C13H21F2NO/c14-13(15)11-5-3-1-2-4-6-12(11,13)16-7-9-17-10-8-16/h11H,1-10H2/t11-,12-/m0/s1. The van der Waals surface area contributed by atoms with Crippen molar-refractivity contribution in [1.82, 2.24) is 4.90 Å². The van der Waals surface area contributed by atoms with Crippen LogP contribution in [-0.2, 0) is 4.74 Å². The quantitative estimate of drug-likeness (QED) is 0.704. The monoisotopic (exact) mass is 245 g/mol. The molecule has 1 heterocycles. The minimum Gasteiger partial charge on any atom is -0.379 e. The smallest absolute Gasteiger partial charge is 0.271 e. The molecule has 0 radical (unpaired) electrons. The largest absolute Gasteiger partial charge is 0.379 e. The minimum atomic E-state index is -2.45. The van der Waals surface area contributed by atoms with Gasteiger partial charge in [0.25, 0.3) is 5.92 Å². The third kappa shape index (κ3) is 1.64. The summed E-state index contributed by atoms with van der Waals surface area (Å²) in [7, 11) is 0. The zero-order valence-electron chi connectivity index (χ0n) is 10.3. The second-order valence-corrected chi connectivity index (χ2v) is 5.65. The van der Waals surface area contributed by atoms with Crippen molar-refractivity contribution in [2.24, 2.45) is 5.92 Å². The van der Waals surface area contributed by atoms with Crippen LogP contribution in [0.25, 0.3) is 0 Å². The SMILES string of the molecule is FC1(F)[C@H]2CCCCCC[C@]21N1CCOCC1. The molecule has 0 spiro atoms. The summed E-state index contributed by atoms with van der Waals surface area (Å²) in [6.07, 6.45) is 5.59. The van der Waals surface area contributed by atoms with Crippen LogP contribution >= 0.6 is 0 Å². The highest BCUT2D eigenvalue weighted by atomic mass is 19.3. The van der Waals surface area contributed by atoms with Gasteiger partial charge in [0.2, 0.25) is 0 Å². The Kier molecular flexibility index (Phi) is 2.90. The number of halogens is 2. The normalized spacial score (nSPS) is 42.4. The van der Waals surface area contributed by atoms with E-state index in [0.717, 1.165) is 25.7 Å². The topological polar surface area (TPSA) is 12.5 Å². The van der Waals surface area contributed by atoms with Gasteiger partial charge in [-0.15, -0.1) is 0 Å². The highest BCUT2D eigenvalue weighted by Gasteiger charge is 2.81. The Labute approximate surface area is 101 Å². The first kappa shape index (κ1) is 11.8. The van der Waals surface area contributed by atoms with Crippen LogP contribution in [0, 0.1) is 5.92 Å². The molecule has 0 aromatic rings. The molecule has 2 atom stereocenters. The van der Waals surface area contributed by atoms with Crippen LogP contribution in [0.5, 0.6) is 0 Å². The van der Waals surface area contributed by atoms with E-state index in [0.29, 0.717) is 39.1 Å². The summed E-state index contributed by atoms with van der Waals surface area (Å²) in [6.45, 7) is 2.60. The van der Waals surface area contributed by atoms with E-state index in [1.54, 1.807) is 0 Å². The maximum atomic E-state index is 14.2. The molecular weight excluding hydrogens is 224 g/mol. The van der Waals surface area contributed by atoms with Gasteiger partial charge in [-0.1, -0.05) is 25.7 Å². The molecule has 98 valence electrons. The number of alkyl halides is 2. The van der Waals surface area contributed by atoms with Gasteiger partial charge in [0.1, 0.15) is 0 Å². The number of hydrogen-bond acceptors (Lipinski definition) is 2. The number of hydrogen-bond donors (Lipinski definition) is 0. The molecule has 3 fully saturated rings. The third-order valence-electron chi connectivity index (χ3n) is 4.88. The first-order valence-corrected chi connectivity index (χ1v) is 6.90. The second-order valence-electron chi connectivity index (χ2n) is 5.65. The van der Waals surface area contributed by atoms with E-state index < -0.39 is 11.5 Å². The van der Waals surface area contributed by atoms with Crippen molar-refractivity contribution in [3.63, 3.8) is 0 Å². The summed E-state index contributed by atoms with van der Waals surface area (Å²) in [5, 5.41) is 0. The van der Waals surface area contributed by atoms with E-state index in [1.807, 2.05) is 4.90 Å². The van der Waals surface area contributed by atoms with E-state index >= 15 is 0 Å². The Balaban J connectivity index is 1.81. The zero-order valence-corrected chi connectivity index (χ0v) is 10.3. The highest BCUT2D eigenvalue weighted by molar-refractivity contribution is 5.26. The van der Waals surface area contributed by atoms with Crippen LogP contribution in [0.3, 0.4) is 0 Å². The fourth-order valence-electron chi connectivity index (χ4n) is 3.93. The minimum absolute atomic E-state index is 0.381. The molecule has 1 aliphatic heterocycles. The number of fused-ring (bicyclic) bond motifs is 1. The number of nitrogens with zero attached hydrogens (tertiary/aromatic N) is 1. The number of rotatable bonds is 1. The molecule has 0 aromatic heterocycles. The summed E-state index contributed by atoms with van der Waals surface area (Å²) in [5.74, 6) is -2.83. The van der Waals surface area contributed by atoms with E-state index in [4.69, 9.17) is 4.74 Å². The second kappa shape index (κ2) is 4.16. The van der Waals surface area contributed by atoms with Crippen LogP contribution in [0.15, 0.2) is 0 Å². The number of morpholine rings is 1. The average molecular weight is 245 g/mol. The lowest BCUT2D eigenvalue weighted by Crippen LogP contribution is -2.49. The molecular formula is C13H21F2NO. The predicted molar refractivity (Wildman–Crippen MR) is 61.3 cm³/mol. The molecule has 0 N–H and O–H groups in total. The molecule has 3 aliphatic rings. The lowest BCUT2D eigenvalue weighted by atomic mass is 9.95. The van der Waals surface area contributed by atoms with E-state index in [-0.39, 0.29) is 5.92 Å². The van der Waals surface area contributed by atoms with Gasteiger partial charge < -0.3 is 4.74 Å². The summed E-state index contributed by atoms with van der Waals surface area (Å²) in [5.41, 5.74) is -0.794. The first-order valence-electron chi connectivity index (χ1n) is 6.90. The van der Waals surface area contributed by atoms with Gasteiger partial charge in [0.15, 0.2) is 0 Å². The van der Waals surface area contributed by atoms with Crippen LogP contribution < -0.4 is 0 Å². The van der Waals surface area contributed by atoms with Gasteiger partial charge in [-0.2, -0.15) is 0 Å². The van der Waals surface area contributed by atoms with Gasteiger partial charge in [0.05, 0.1) is 18.8 Å². The maximum absolute atomic E-state index is 14.2. The van der Waals surface area contributed by atoms with Crippen molar-refractivity contribution in [3.05, 3.63) is 0 Å². The third-order valence-corrected chi connectivity index (χ3v) is 4.88. The number of ether oxygens (including phenoxy) is 1.